The van der Waals surface area contributed by atoms with Gasteiger partial charge in [-0.05, 0) is 61.7 Å². The van der Waals surface area contributed by atoms with Crippen LogP contribution in [0.15, 0.2) is 36.4 Å². The van der Waals surface area contributed by atoms with Crippen LogP contribution in [-0.2, 0) is 19.4 Å². The molecule has 3 rings (SSSR count). The van der Waals surface area contributed by atoms with Crippen molar-refractivity contribution in [2.45, 2.75) is 37.4 Å². The molecule has 0 bridgehead atoms. The number of benzene rings is 1. The van der Waals surface area contributed by atoms with E-state index in [0.29, 0.717) is 24.3 Å². The van der Waals surface area contributed by atoms with Gasteiger partial charge in [0.15, 0.2) is 9.84 Å². The molecule has 26 heavy (non-hydrogen) atoms. The minimum Gasteiger partial charge on any atom is -0.494 e. The average molecular weight is 395 g/mol. The fourth-order valence-corrected chi connectivity index (χ4v) is 7.26. The molecular formula is C19H22O5S2. The average Bonchev–Trinajstić information content (AvgIpc) is 3.08. The van der Waals surface area contributed by atoms with Gasteiger partial charge in [0.1, 0.15) is 10.5 Å². The maximum atomic E-state index is 12.8. The van der Waals surface area contributed by atoms with Crippen LogP contribution in [0.3, 0.4) is 0 Å². The van der Waals surface area contributed by atoms with Crippen molar-refractivity contribution in [3.63, 3.8) is 0 Å². The van der Waals surface area contributed by atoms with Crippen LogP contribution in [-0.4, -0.2) is 31.9 Å². The molecule has 2 heterocycles. The Balaban J connectivity index is 1.98. The van der Waals surface area contributed by atoms with E-state index in [-0.39, 0.29) is 12.2 Å². The summed E-state index contributed by atoms with van der Waals surface area (Å²) < 4.78 is 29.8. The SMILES string of the molecule is CCOc1ccc(-c2ccc(C3(CC(=O)O)CCCCS3(=O)=O)s2)cc1. The van der Waals surface area contributed by atoms with Gasteiger partial charge < -0.3 is 9.84 Å². The number of thiophene rings is 1. The van der Waals surface area contributed by atoms with Crippen molar-refractivity contribution in [1.82, 2.24) is 0 Å². The quantitative estimate of drug-likeness (QED) is 0.798. The van der Waals surface area contributed by atoms with Gasteiger partial charge in [-0.25, -0.2) is 8.42 Å². The largest absolute Gasteiger partial charge is 0.494 e. The molecule has 5 nitrogen and oxygen atoms in total. The predicted octanol–water partition coefficient (Wildman–Crippen LogP) is 4.08. The van der Waals surface area contributed by atoms with Gasteiger partial charge in [-0.2, -0.15) is 0 Å². The minimum absolute atomic E-state index is 0.0521. The van der Waals surface area contributed by atoms with E-state index in [2.05, 4.69) is 0 Å². The summed E-state index contributed by atoms with van der Waals surface area (Å²) in [6.45, 7) is 2.52. The van der Waals surface area contributed by atoms with Crippen molar-refractivity contribution in [3.8, 4) is 16.2 Å². The zero-order valence-corrected chi connectivity index (χ0v) is 16.2. The molecule has 1 fully saturated rings. The lowest BCUT2D eigenvalue weighted by atomic mass is 9.95. The first-order valence-electron chi connectivity index (χ1n) is 8.65. The Morgan fingerprint density at radius 2 is 1.92 bits per heavy atom. The first-order valence-corrected chi connectivity index (χ1v) is 11.1. The summed E-state index contributed by atoms with van der Waals surface area (Å²) in [4.78, 5) is 13.0. The van der Waals surface area contributed by atoms with Gasteiger partial charge in [0.2, 0.25) is 0 Å². The Morgan fingerprint density at radius 1 is 1.19 bits per heavy atom. The number of ether oxygens (including phenoxy) is 1. The van der Waals surface area contributed by atoms with Crippen LogP contribution < -0.4 is 4.74 Å². The highest BCUT2D eigenvalue weighted by Crippen LogP contribution is 2.47. The second kappa shape index (κ2) is 7.40. The van der Waals surface area contributed by atoms with Gasteiger partial charge in [0, 0.05) is 9.75 Å². The number of hydrogen-bond acceptors (Lipinski definition) is 5. The molecule has 1 aromatic heterocycles. The van der Waals surface area contributed by atoms with Crippen molar-refractivity contribution >= 4 is 27.1 Å². The normalized spacial score (nSPS) is 22.0. The monoisotopic (exact) mass is 394 g/mol. The topological polar surface area (TPSA) is 80.7 Å². The van der Waals surface area contributed by atoms with Gasteiger partial charge in [-0.15, -0.1) is 11.3 Å². The lowest BCUT2D eigenvalue weighted by molar-refractivity contribution is -0.137. The van der Waals surface area contributed by atoms with Crippen molar-refractivity contribution in [2.75, 3.05) is 12.4 Å². The third-order valence-electron chi connectivity index (χ3n) is 4.78. The molecule has 0 amide bonds. The second-order valence-electron chi connectivity index (χ2n) is 6.46. The third kappa shape index (κ3) is 3.50. The molecule has 1 saturated heterocycles. The van der Waals surface area contributed by atoms with Crippen LogP contribution in [0.1, 0.15) is 37.5 Å². The van der Waals surface area contributed by atoms with Gasteiger partial charge in [-0.3, -0.25) is 4.79 Å². The summed E-state index contributed by atoms with van der Waals surface area (Å²) >= 11 is 1.37. The van der Waals surface area contributed by atoms with E-state index in [0.717, 1.165) is 22.6 Å². The van der Waals surface area contributed by atoms with Crippen LogP contribution in [0.5, 0.6) is 5.75 Å². The number of carboxylic acid groups (broad SMARTS) is 1. The summed E-state index contributed by atoms with van der Waals surface area (Å²) in [5, 5.41) is 9.36. The van der Waals surface area contributed by atoms with Crippen molar-refractivity contribution in [1.29, 1.82) is 0 Å². The molecule has 1 aromatic carbocycles. The van der Waals surface area contributed by atoms with E-state index in [9.17, 15) is 18.3 Å². The molecule has 0 saturated carbocycles. The molecule has 0 spiro atoms. The van der Waals surface area contributed by atoms with Crippen molar-refractivity contribution in [2.24, 2.45) is 0 Å². The lowest BCUT2D eigenvalue weighted by Crippen LogP contribution is -2.41. The zero-order chi connectivity index (χ0) is 18.8. The van der Waals surface area contributed by atoms with Crippen LogP contribution in [0.2, 0.25) is 0 Å². The number of carbonyl (C=O) groups is 1. The van der Waals surface area contributed by atoms with E-state index in [4.69, 9.17) is 4.74 Å². The Labute approximate surface area is 157 Å². The van der Waals surface area contributed by atoms with E-state index in [1.807, 2.05) is 37.3 Å². The number of aliphatic carboxylic acids is 1. The summed E-state index contributed by atoms with van der Waals surface area (Å²) in [7, 11) is -3.51. The number of sulfone groups is 1. The molecule has 1 unspecified atom stereocenters. The van der Waals surface area contributed by atoms with E-state index >= 15 is 0 Å². The molecule has 0 radical (unpaired) electrons. The maximum Gasteiger partial charge on any atom is 0.305 e. The second-order valence-corrected chi connectivity index (χ2v) is 9.97. The van der Waals surface area contributed by atoms with Crippen LogP contribution >= 0.6 is 11.3 Å². The van der Waals surface area contributed by atoms with Crippen LogP contribution in [0, 0.1) is 0 Å². The first-order chi connectivity index (χ1) is 12.4. The molecule has 140 valence electrons. The minimum atomic E-state index is -3.51. The number of carboxylic acids is 1. The summed E-state index contributed by atoms with van der Waals surface area (Å²) in [6.07, 6.45) is 1.31. The lowest BCUT2D eigenvalue weighted by Gasteiger charge is -2.34. The Bertz CT molecular complexity index is 883. The summed E-state index contributed by atoms with van der Waals surface area (Å²) in [5.74, 6) is -0.243. The van der Waals surface area contributed by atoms with Crippen molar-refractivity contribution in [3.05, 3.63) is 41.3 Å². The predicted molar refractivity (Wildman–Crippen MR) is 102 cm³/mol. The van der Waals surface area contributed by atoms with Crippen molar-refractivity contribution < 1.29 is 23.1 Å². The smallest absolute Gasteiger partial charge is 0.305 e. The summed E-state index contributed by atoms with van der Waals surface area (Å²) in [5.41, 5.74) is 0.961. The molecular weight excluding hydrogens is 372 g/mol. The molecule has 1 aliphatic heterocycles. The molecule has 7 heteroatoms. The number of rotatable bonds is 6. The highest BCUT2D eigenvalue weighted by atomic mass is 32.2. The maximum absolute atomic E-state index is 12.8. The van der Waals surface area contributed by atoms with Gasteiger partial charge >= 0.3 is 5.97 Å². The Hall–Kier alpha value is -1.86. The number of hydrogen-bond donors (Lipinski definition) is 1. The standard InChI is InChI=1S/C19H22O5S2/c1-2-24-15-7-5-14(6-8-15)16-9-10-17(25-16)19(13-18(20)21)11-3-4-12-26(19,22)23/h5-10H,2-4,11-13H2,1H3,(H,20,21). The van der Waals surface area contributed by atoms with E-state index in [1.165, 1.54) is 11.3 Å². The Morgan fingerprint density at radius 3 is 2.54 bits per heavy atom. The van der Waals surface area contributed by atoms with Crippen LogP contribution in [0.4, 0.5) is 0 Å². The molecule has 2 aromatic rings. The van der Waals surface area contributed by atoms with E-state index < -0.39 is 20.6 Å². The van der Waals surface area contributed by atoms with Gasteiger partial charge in [-0.1, -0.05) is 6.42 Å². The Kier molecular flexibility index (Phi) is 5.39. The molecule has 1 N–H and O–H groups in total. The molecule has 1 atom stereocenters. The van der Waals surface area contributed by atoms with Gasteiger partial charge in [0.25, 0.3) is 0 Å². The molecule has 0 aliphatic carbocycles. The van der Waals surface area contributed by atoms with Crippen LogP contribution in [0.25, 0.3) is 10.4 Å². The highest BCUT2D eigenvalue weighted by Gasteiger charge is 2.49. The summed E-state index contributed by atoms with van der Waals surface area (Å²) in [6, 6.07) is 11.3. The first kappa shape index (κ1) is 18.9. The third-order valence-corrected chi connectivity index (χ3v) is 8.83. The fourth-order valence-electron chi connectivity index (χ4n) is 3.48. The highest BCUT2D eigenvalue weighted by molar-refractivity contribution is 7.92. The zero-order valence-electron chi connectivity index (χ0n) is 14.6. The van der Waals surface area contributed by atoms with Gasteiger partial charge in [0.05, 0.1) is 18.8 Å². The fraction of sp³-hybridized carbons (Fsp3) is 0.421. The molecule has 1 aliphatic rings. The van der Waals surface area contributed by atoms with E-state index in [1.54, 1.807) is 6.07 Å².